The molecule has 1 saturated heterocycles. The van der Waals surface area contributed by atoms with Crippen molar-refractivity contribution in [1.29, 1.82) is 0 Å². The van der Waals surface area contributed by atoms with Crippen molar-refractivity contribution in [3.63, 3.8) is 0 Å². The molecule has 2 amide bonds. The summed E-state index contributed by atoms with van der Waals surface area (Å²) >= 11 is 0. The number of carbonyl (C=O) groups excluding carboxylic acids is 1. The third kappa shape index (κ3) is 6.04. The number of nitrogens with one attached hydrogen (secondary N) is 2. The van der Waals surface area contributed by atoms with Gasteiger partial charge in [-0.3, -0.25) is 4.90 Å². The second kappa shape index (κ2) is 11.6. The van der Waals surface area contributed by atoms with Crippen LogP contribution in [0.4, 0.5) is 35.2 Å². The zero-order chi connectivity index (χ0) is 29.3. The number of alkyl halides is 3. The van der Waals surface area contributed by atoms with E-state index in [2.05, 4.69) is 37.4 Å². The lowest BCUT2D eigenvalue weighted by Crippen LogP contribution is -2.45. The van der Waals surface area contributed by atoms with Crippen LogP contribution in [0.1, 0.15) is 29.2 Å². The molecule has 0 radical (unpaired) electrons. The van der Waals surface area contributed by atoms with E-state index in [4.69, 9.17) is 0 Å². The van der Waals surface area contributed by atoms with Crippen molar-refractivity contribution in [1.82, 2.24) is 29.3 Å². The third-order valence-corrected chi connectivity index (χ3v) is 8.07. The molecule has 0 aliphatic carbocycles. The number of hydrogen-bond acceptors (Lipinski definition) is 6. The van der Waals surface area contributed by atoms with Crippen molar-refractivity contribution in [2.75, 3.05) is 49.9 Å². The van der Waals surface area contributed by atoms with Gasteiger partial charge in [0, 0.05) is 63.4 Å². The number of amides is 2. The Morgan fingerprint density at radius 3 is 2.52 bits per heavy atom. The van der Waals surface area contributed by atoms with E-state index < -0.39 is 17.8 Å². The Morgan fingerprint density at radius 2 is 1.74 bits per heavy atom. The number of carbonyl (C=O) groups is 1. The Kier molecular flexibility index (Phi) is 7.74. The quantitative estimate of drug-likeness (QED) is 0.327. The fraction of sp³-hybridized carbons (Fsp3) is 0.367. The molecule has 0 spiro atoms. The number of anilines is 3. The molecule has 6 rings (SSSR count). The molecular weight excluding hydrogens is 545 g/mol. The largest absolute Gasteiger partial charge is 0.416 e. The Balaban J connectivity index is 1.13. The normalized spacial score (nSPS) is 16.4. The van der Waals surface area contributed by atoms with Gasteiger partial charge in [0.15, 0.2) is 5.82 Å². The molecule has 9 nitrogen and oxygen atoms in total. The fourth-order valence-corrected chi connectivity index (χ4v) is 5.67. The van der Waals surface area contributed by atoms with Crippen molar-refractivity contribution in [3.8, 4) is 0 Å². The molecule has 2 aromatic carbocycles. The maximum atomic E-state index is 14.1. The Labute approximate surface area is 241 Å². The minimum absolute atomic E-state index is 0.132. The zero-order valence-electron chi connectivity index (χ0n) is 23.4. The Hall–Kier alpha value is -4.16. The van der Waals surface area contributed by atoms with E-state index in [0.29, 0.717) is 25.3 Å². The molecular formula is C30H33F3N8O. The van der Waals surface area contributed by atoms with Gasteiger partial charge in [-0.1, -0.05) is 19.1 Å². The number of likely N-dealkylation sites (N-methyl/N-ethyl adjacent to an activating group) is 1. The fourth-order valence-electron chi connectivity index (χ4n) is 5.67. The average molecular weight is 579 g/mol. The number of piperazine rings is 1. The molecule has 0 atom stereocenters. The summed E-state index contributed by atoms with van der Waals surface area (Å²) in [6.45, 7) is 7.22. The van der Waals surface area contributed by atoms with Gasteiger partial charge in [-0.05, 0) is 66.1 Å². The van der Waals surface area contributed by atoms with E-state index in [1.165, 1.54) is 12.4 Å². The summed E-state index contributed by atoms with van der Waals surface area (Å²) in [5, 5.41) is 10.2. The monoisotopic (exact) mass is 578 g/mol. The predicted molar refractivity (Wildman–Crippen MR) is 155 cm³/mol. The summed E-state index contributed by atoms with van der Waals surface area (Å²) < 4.78 is 43.9. The molecule has 0 saturated carbocycles. The molecule has 2 aliphatic rings. The zero-order valence-corrected chi connectivity index (χ0v) is 23.4. The minimum Gasteiger partial charge on any atom is -0.338 e. The van der Waals surface area contributed by atoms with Crippen molar-refractivity contribution in [2.45, 2.75) is 32.6 Å². The molecule has 220 valence electrons. The van der Waals surface area contributed by atoms with E-state index >= 15 is 0 Å². The third-order valence-electron chi connectivity index (χ3n) is 8.07. The topological polar surface area (TPSA) is 81.0 Å². The van der Waals surface area contributed by atoms with Gasteiger partial charge in [-0.25, -0.2) is 14.3 Å². The molecule has 42 heavy (non-hydrogen) atoms. The number of fused-ring (bicyclic) bond motifs is 2. The number of hydrogen-bond donors (Lipinski definition) is 2. The van der Waals surface area contributed by atoms with Gasteiger partial charge < -0.3 is 20.4 Å². The second-order valence-corrected chi connectivity index (χ2v) is 10.7. The average Bonchev–Trinajstić information content (AvgIpc) is 3.47. The van der Waals surface area contributed by atoms with E-state index in [1.807, 2.05) is 36.5 Å². The Bertz CT molecular complexity index is 1580. The molecule has 0 unspecified atom stereocenters. The van der Waals surface area contributed by atoms with Gasteiger partial charge in [0.25, 0.3) is 0 Å². The maximum absolute atomic E-state index is 14.1. The second-order valence-electron chi connectivity index (χ2n) is 10.7. The van der Waals surface area contributed by atoms with Gasteiger partial charge in [0.05, 0.1) is 5.56 Å². The minimum atomic E-state index is -4.52. The van der Waals surface area contributed by atoms with Crippen LogP contribution in [0.15, 0.2) is 61.1 Å². The van der Waals surface area contributed by atoms with Crippen LogP contribution in [-0.2, 0) is 25.7 Å². The van der Waals surface area contributed by atoms with Gasteiger partial charge in [0.2, 0.25) is 0 Å². The predicted octanol–water partition coefficient (Wildman–Crippen LogP) is 5.22. The van der Waals surface area contributed by atoms with Crippen LogP contribution >= 0.6 is 0 Å². The van der Waals surface area contributed by atoms with Gasteiger partial charge in [-0.15, -0.1) is 0 Å². The summed E-state index contributed by atoms with van der Waals surface area (Å²) in [4.78, 5) is 23.5. The molecule has 4 heterocycles. The van der Waals surface area contributed by atoms with Crippen LogP contribution in [-0.4, -0.2) is 74.6 Å². The number of nitrogens with zero attached hydrogens (tertiary/aromatic N) is 6. The van der Waals surface area contributed by atoms with Gasteiger partial charge >= 0.3 is 12.2 Å². The lowest BCUT2D eigenvalue weighted by atomic mass is 9.99. The van der Waals surface area contributed by atoms with E-state index in [-0.39, 0.29) is 17.8 Å². The Morgan fingerprint density at radius 1 is 0.952 bits per heavy atom. The smallest absolute Gasteiger partial charge is 0.338 e. The first-order valence-electron chi connectivity index (χ1n) is 14.1. The van der Waals surface area contributed by atoms with Crippen molar-refractivity contribution >= 4 is 28.7 Å². The molecule has 0 bridgehead atoms. The molecule has 4 aromatic rings. The van der Waals surface area contributed by atoms with Gasteiger partial charge in [0.1, 0.15) is 11.8 Å². The number of rotatable bonds is 6. The van der Waals surface area contributed by atoms with Crippen molar-refractivity contribution in [3.05, 3.63) is 83.3 Å². The highest BCUT2D eigenvalue weighted by Gasteiger charge is 2.34. The molecule has 2 N–H and O–H groups in total. The van der Waals surface area contributed by atoms with E-state index in [0.717, 1.165) is 61.1 Å². The van der Waals surface area contributed by atoms with Crippen molar-refractivity contribution in [2.24, 2.45) is 0 Å². The van der Waals surface area contributed by atoms with Crippen LogP contribution in [0, 0.1) is 0 Å². The number of benzene rings is 2. The lowest BCUT2D eigenvalue weighted by molar-refractivity contribution is -0.138. The van der Waals surface area contributed by atoms with Crippen LogP contribution in [0.5, 0.6) is 0 Å². The summed E-state index contributed by atoms with van der Waals surface area (Å²) in [5.41, 5.74) is 3.39. The van der Waals surface area contributed by atoms with Crippen LogP contribution in [0.3, 0.4) is 0 Å². The first-order valence-corrected chi connectivity index (χ1v) is 14.1. The highest BCUT2D eigenvalue weighted by atomic mass is 19.4. The van der Waals surface area contributed by atoms with Crippen LogP contribution in [0.25, 0.3) is 5.52 Å². The summed E-state index contributed by atoms with van der Waals surface area (Å²) in [6.07, 6.45) is -0.558. The lowest BCUT2D eigenvalue weighted by Gasteiger charge is -2.34. The number of aromatic nitrogens is 3. The standard InChI is InChI=1S/C30H33F3N8O/c1-2-38-12-14-39(15-13-38)18-22-6-8-25(17-26(22)30(31,32)33)37-29(42)40-11-9-21-5-7-24(16-23(21)19-40)36-28-27-4-3-10-41(27)35-20-34-28/h3-8,10,16-17,20H,2,9,11-15,18-19H2,1H3,(H,37,42)(H,34,35,36). The molecule has 1 fully saturated rings. The number of halogens is 3. The first kappa shape index (κ1) is 28.0. The van der Waals surface area contributed by atoms with Crippen molar-refractivity contribution < 1.29 is 18.0 Å². The van der Waals surface area contributed by atoms with E-state index in [9.17, 15) is 18.0 Å². The summed E-state index contributed by atoms with van der Waals surface area (Å²) in [7, 11) is 0. The molecule has 2 aliphatic heterocycles. The highest BCUT2D eigenvalue weighted by Crippen LogP contribution is 2.35. The maximum Gasteiger partial charge on any atom is 0.416 e. The van der Waals surface area contributed by atoms with Crippen LogP contribution in [0.2, 0.25) is 0 Å². The molecule has 12 heteroatoms. The SMILES string of the molecule is CCN1CCN(Cc2ccc(NC(=O)N3CCc4ccc(Nc5ncnn6cccc56)cc4C3)cc2C(F)(F)F)CC1. The summed E-state index contributed by atoms with van der Waals surface area (Å²) in [5.74, 6) is 0.660. The molecule has 2 aromatic heterocycles. The number of urea groups is 1. The highest BCUT2D eigenvalue weighted by molar-refractivity contribution is 5.89. The van der Waals surface area contributed by atoms with E-state index in [1.54, 1.807) is 15.5 Å². The first-order chi connectivity index (χ1) is 20.3. The van der Waals surface area contributed by atoms with Crippen LogP contribution < -0.4 is 10.6 Å². The van der Waals surface area contributed by atoms with Gasteiger partial charge in [-0.2, -0.15) is 18.3 Å². The summed E-state index contributed by atoms with van der Waals surface area (Å²) in [6, 6.07) is 13.5.